The summed E-state index contributed by atoms with van der Waals surface area (Å²) in [6.45, 7) is 9.26. The van der Waals surface area contributed by atoms with Gasteiger partial charge in [0.1, 0.15) is 12.6 Å². The number of benzene rings is 3. The quantitative estimate of drug-likeness (QED) is 0.253. The van der Waals surface area contributed by atoms with Crippen LogP contribution in [0, 0.1) is 20.8 Å². The molecule has 3 rings (SSSR count). The first-order chi connectivity index (χ1) is 19.4. The molecule has 3 aromatic rings. The predicted octanol–water partition coefficient (Wildman–Crippen LogP) is 6.45. The smallest absolute Gasteiger partial charge is 0.264 e. The summed E-state index contributed by atoms with van der Waals surface area (Å²) in [4.78, 5) is 28.8. The second-order valence-electron chi connectivity index (χ2n) is 10.0. The molecule has 0 unspecified atom stereocenters. The Bertz CT molecular complexity index is 1470. The van der Waals surface area contributed by atoms with Gasteiger partial charge in [-0.2, -0.15) is 0 Å². The lowest BCUT2D eigenvalue weighted by Crippen LogP contribution is -2.52. The maximum absolute atomic E-state index is 14.2. The zero-order valence-corrected chi connectivity index (χ0v) is 26.4. The molecule has 0 bridgehead atoms. The summed E-state index contributed by atoms with van der Waals surface area (Å²) in [7, 11) is -4.15. The summed E-state index contributed by atoms with van der Waals surface area (Å²) in [6.07, 6.45) is 1.03. The molecule has 0 fully saturated rings. The summed E-state index contributed by atoms with van der Waals surface area (Å²) in [5.74, 6) is -0.890. The minimum atomic E-state index is -4.15. The molecule has 0 saturated heterocycles. The summed E-state index contributed by atoms with van der Waals surface area (Å²) < 4.78 is 29.1. The number of halogens is 2. The highest BCUT2D eigenvalue weighted by Gasteiger charge is 2.34. The fourth-order valence-corrected chi connectivity index (χ4v) is 6.31. The van der Waals surface area contributed by atoms with E-state index in [4.69, 9.17) is 23.2 Å². The molecular weight excluding hydrogens is 581 g/mol. The third-order valence-electron chi connectivity index (χ3n) is 6.99. The van der Waals surface area contributed by atoms with Gasteiger partial charge >= 0.3 is 0 Å². The van der Waals surface area contributed by atoms with Crippen LogP contribution in [0.15, 0.2) is 65.6 Å². The Morgan fingerprint density at radius 2 is 1.54 bits per heavy atom. The van der Waals surface area contributed by atoms with Crippen LogP contribution in [0.1, 0.15) is 48.9 Å². The van der Waals surface area contributed by atoms with E-state index in [0.717, 1.165) is 27.4 Å². The van der Waals surface area contributed by atoms with Crippen molar-refractivity contribution in [1.82, 2.24) is 10.2 Å². The van der Waals surface area contributed by atoms with E-state index >= 15 is 0 Å². The van der Waals surface area contributed by atoms with Gasteiger partial charge in [0, 0.05) is 28.7 Å². The number of amides is 2. The third kappa shape index (κ3) is 7.82. The van der Waals surface area contributed by atoms with Gasteiger partial charge in [0.15, 0.2) is 0 Å². The van der Waals surface area contributed by atoms with Gasteiger partial charge in [-0.25, -0.2) is 8.42 Å². The normalized spacial score (nSPS) is 12.1. The van der Waals surface area contributed by atoms with Gasteiger partial charge in [0.2, 0.25) is 11.8 Å². The van der Waals surface area contributed by atoms with Crippen molar-refractivity contribution in [2.75, 3.05) is 17.4 Å². The Kier molecular flexibility index (Phi) is 11.2. The van der Waals surface area contributed by atoms with E-state index in [1.165, 1.54) is 17.0 Å². The van der Waals surface area contributed by atoms with E-state index in [1.54, 1.807) is 49.4 Å². The van der Waals surface area contributed by atoms with E-state index in [2.05, 4.69) is 5.32 Å². The van der Waals surface area contributed by atoms with Crippen LogP contribution in [-0.2, 0) is 26.2 Å². The lowest BCUT2D eigenvalue weighted by Gasteiger charge is -2.33. The van der Waals surface area contributed by atoms with Crippen LogP contribution < -0.4 is 9.62 Å². The maximum atomic E-state index is 14.2. The molecule has 0 radical (unpaired) electrons. The van der Waals surface area contributed by atoms with Crippen molar-refractivity contribution in [2.45, 2.75) is 64.9 Å². The highest BCUT2D eigenvalue weighted by Crippen LogP contribution is 2.29. The molecule has 1 N–H and O–H groups in total. The second kappa shape index (κ2) is 14.2. The Balaban J connectivity index is 2.11. The average molecular weight is 619 g/mol. The van der Waals surface area contributed by atoms with Crippen molar-refractivity contribution in [1.29, 1.82) is 0 Å². The highest BCUT2D eigenvalue weighted by molar-refractivity contribution is 7.92. The number of hydrogen-bond acceptors (Lipinski definition) is 4. The van der Waals surface area contributed by atoms with Gasteiger partial charge in [0.25, 0.3) is 10.0 Å². The van der Waals surface area contributed by atoms with Crippen LogP contribution in [-0.4, -0.2) is 44.3 Å². The molecule has 1 atom stereocenters. The van der Waals surface area contributed by atoms with Crippen LogP contribution in [0.25, 0.3) is 0 Å². The number of rotatable bonds is 12. The molecule has 0 saturated carbocycles. The number of aryl methyl sites for hydroxylation is 3. The summed E-state index contributed by atoms with van der Waals surface area (Å²) in [6, 6.07) is 15.9. The molecule has 0 aliphatic carbocycles. The second-order valence-corrected chi connectivity index (χ2v) is 12.7. The standard InChI is InChI=1S/C31H37Cl2N3O4S/c1-6-17-34-31(38)29(7-2)35(19-26-27(32)9-8-10-28(26)33)30(37)20-36(24-14-13-22(4)23(5)18-24)41(39,40)25-15-11-21(3)12-16-25/h8-16,18,29H,6-7,17,19-20H2,1-5H3,(H,34,38)/t29-/m1/s1. The number of nitrogens with zero attached hydrogens (tertiary/aromatic N) is 2. The number of hydrogen-bond donors (Lipinski definition) is 1. The fraction of sp³-hybridized carbons (Fsp3) is 0.355. The molecule has 3 aromatic carbocycles. The number of carbonyl (C=O) groups excluding carboxylic acids is 2. The van der Waals surface area contributed by atoms with Gasteiger partial charge in [-0.05, 0) is 81.1 Å². The van der Waals surface area contributed by atoms with E-state index in [-0.39, 0.29) is 17.3 Å². The Morgan fingerprint density at radius 1 is 0.902 bits per heavy atom. The first kappa shape index (κ1) is 32.4. The molecule has 0 aromatic heterocycles. The lowest BCUT2D eigenvalue weighted by molar-refractivity contribution is -0.140. The number of nitrogens with one attached hydrogen (secondary N) is 1. The Morgan fingerprint density at radius 3 is 2.10 bits per heavy atom. The zero-order valence-electron chi connectivity index (χ0n) is 24.1. The minimum Gasteiger partial charge on any atom is -0.354 e. The fourth-order valence-electron chi connectivity index (χ4n) is 4.39. The largest absolute Gasteiger partial charge is 0.354 e. The van der Waals surface area contributed by atoms with Crippen molar-refractivity contribution >= 4 is 50.7 Å². The molecular formula is C31H37Cl2N3O4S. The van der Waals surface area contributed by atoms with E-state index in [9.17, 15) is 18.0 Å². The monoisotopic (exact) mass is 617 g/mol. The summed E-state index contributed by atoms with van der Waals surface area (Å²) in [5.41, 5.74) is 3.60. The summed E-state index contributed by atoms with van der Waals surface area (Å²) in [5, 5.41) is 3.55. The average Bonchev–Trinajstić information content (AvgIpc) is 2.93. The van der Waals surface area contributed by atoms with Crippen molar-refractivity contribution in [3.05, 3.63) is 93.0 Å². The van der Waals surface area contributed by atoms with Crippen LogP contribution in [0.3, 0.4) is 0 Å². The van der Waals surface area contributed by atoms with Crippen molar-refractivity contribution in [3.8, 4) is 0 Å². The van der Waals surface area contributed by atoms with Crippen LogP contribution in [0.4, 0.5) is 5.69 Å². The first-order valence-electron chi connectivity index (χ1n) is 13.6. The Hall–Kier alpha value is -3.07. The molecule has 2 amide bonds. The van der Waals surface area contributed by atoms with Gasteiger partial charge in [0.05, 0.1) is 10.6 Å². The molecule has 41 heavy (non-hydrogen) atoms. The van der Waals surface area contributed by atoms with Crippen LogP contribution in [0.2, 0.25) is 10.0 Å². The van der Waals surface area contributed by atoms with Gasteiger partial charge < -0.3 is 10.2 Å². The molecule has 0 spiro atoms. The molecule has 0 aliphatic rings. The Labute approximate surface area is 253 Å². The van der Waals surface area contributed by atoms with Gasteiger partial charge in [-0.3, -0.25) is 13.9 Å². The lowest BCUT2D eigenvalue weighted by atomic mass is 10.1. The number of carbonyl (C=O) groups is 2. The minimum absolute atomic E-state index is 0.0579. The number of sulfonamides is 1. The van der Waals surface area contributed by atoms with Crippen molar-refractivity contribution in [3.63, 3.8) is 0 Å². The molecule has 7 nitrogen and oxygen atoms in total. The van der Waals surface area contributed by atoms with Crippen LogP contribution in [0.5, 0.6) is 0 Å². The predicted molar refractivity (Wildman–Crippen MR) is 166 cm³/mol. The van der Waals surface area contributed by atoms with E-state index < -0.39 is 28.5 Å². The summed E-state index contributed by atoms with van der Waals surface area (Å²) >= 11 is 12.9. The number of anilines is 1. The van der Waals surface area contributed by atoms with Crippen molar-refractivity contribution in [2.24, 2.45) is 0 Å². The van der Waals surface area contributed by atoms with Gasteiger partial charge in [-0.1, -0.05) is 66.9 Å². The SMILES string of the molecule is CCCNC(=O)[C@@H](CC)N(Cc1c(Cl)cccc1Cl)C(=O)CN(c1ccc(C)c(C)c1)S(=O)(=O)c1ccc(C)cc1. The maximum Gasteiger partial charge on any atom is 0.264 e. The van der Waals surface area contributed by atoms with E-state index in [1.807, 2.05) is 33.8 Å². The topological polar surface area (TPSA) is 86.8 Å². The van der Waals surface area contributed by atoms with E-state index in [0.29, 0.717) is 34.3 Å². The molecule has 0 aliphatic heterocycles. The molecule has 10 heteroatoms. The zero-order chi connectivity index (χ0) is 30.3. The van der Waals surface area contributed by atoms with Crippen LogP contribution >= 0.6 is 23.2 Å². The third-order valence-corrected chi connectivity index (χ3v) is 9.49. The highest BCUT2D eigenvalue weighted by atomic mass is 35.5. The molecule has 0 heterocycles. The van der Waals surface area contributed by atoms with Gasteiger partial charge in [-0.15, -0.1) is 0 Å². The first-order valence-corrected chi connectivity index (χ1v) is 15.8. The van der Waals surface area contributed by atoms with Crippen molar-refractivity contribution < 1.29 is 18.0 Å². The molecule has 220 valence electrons.